The summed E-state index contributed by atoms with van der Waals surface area (Å²) >= 11 is 0. The molecule has 2 amide bonds. The Kier molecular flexibility index (Phi) is 2.75. The number of hydrogen-bond acceptors (Lipinski definition) is 4. The number of likely N-dealkylation sites (tertiary alicyclic amines) is 1. The summed E-state index contributed by atoms with van der Waals surface area (Å²) in [7, 11) is 0. The van der Waals surface area contributed by atoms with Crippen LogP contribution in [0, 0.1) is 11.8 Å². The van der Waals surface area contributed by atoms with Gasteiger partial charge in [-0.15, -0.1) is 0 Å². The van der Waals surface area contributed by atoms with Crippen molar-refractivity contribution in [2.75, 3.05) is 19.8 Å². The van der Waals surface area contributed by atoms with E-state index in [0.717, 1.165) is 0 Å². The molecular weight excluding hydrogens is 198 g/mol. The second-order valence-electron chi connectivity index (χ2n) is 4.04. The van der Waals surface area contributed by atoms with Gasteiger partial charge in [-0.05, 0) is 6.42 Å². The van der Waals surface area contributed by atoms with Crippen molar-refractivity contribution in [2.24, 2.45) is 11.8 Å². The van der Waals surface area contributed by atoms with Gasteiger partial charge in [-0.25, -0.2) is 0 Å². The second-order valence-corrected chi connectivity index (χ2v) is 4.04. The molecule has 2 aliphatic heterocycles. The van der Waals surface area contributed by atoms with Crippen LogP contribution in [0.4, 0.5) is 0 Å². The van der Waals surface area contributed by atoms with Gasteiger partial charge in [-0.2, -0.15) is 0 Å². The van der Waals surface area contributed by atoms with E-state index >= 15 is 0 Å². The summed E-state index contributed by atoms with van der Waals surface area (Å²) in [5, 5.41) is 9.11. The molecule has 15 heavy (non-hydrogen) atoms. The molecular formula is C10H15NO4. The van der Waals surface area contributed by atoms with E-state index < -0.39 is 0 Å². The number of amides is 2. The third-order valence-electron chi connectivity index (χ3n) is 3.24. The van der Waals surface area contributed by atoms with Gasteiger partial charge in [0.1, 0.15) is 0 Å². The van der Waals surface area contributed by atoms with Crippen LogP contribution in [-0.4, -0.2) is 47.7 Å². The van der Waals surface area contributed by atoms with E-state index in [-0.39, 0.29) is 36.3 Å². The summed E-state index contributed by atoms with van der Waals surface area (Å²) in [6, 6.07) is -0.365. The van der Waals surface area contributed by atoms with Crippen LogP contribution < -0.4 is 0 Å². The molecule has 2 rings (SSSR count). The number of rotatable bonds is 3. The van der Waals surface area contributed by atoms with Gasteiger partial charge in [0.05, 0.1) is 37.7 Å². The van der Waals surface area contributed by atoms with Crippen LogP contribution in [0.3, 0.4) is 0 Å². The quantitative estimate of drug-likeness (QED) is 0.635. The summed E-state index contributed by atoms with van der Waals surface area (Å²) < 4.78 is 5.12. The van der Waals surface area contributed by atoms with Gasteiger partial charge < -0.3 is 9.84 Å². The van der Waals surface area contributed by atoms with Crippen molar-refractivity contribution in [1.82, 2.24) is 4.90 Å². The summed E-state index contributed by atoms with van der Waals surface area (Å²) in [6.45, 7) is 2.38. The van der Waals surface area contributed by atoms with Crippen molar-refractivity contribution < 1.29 is 19.4 Å². The minimum atomic E-state index is -0.365. The van der Waals surface area contributed by atoms with Crippen molar-refractivity contribution in [3.05, 3.63) is 0 Å². The minimum Gasteiger partial charge on any atom is -0.394 e. The zero-order chi connectivity index (χ0) is 11.0. The molecule has 5 heteroatoms. The highest BCUT2D eigenvalue weighted by atomic mass is 16.5. The van der Waals surface area contributed by atoms with E-state index in [9.17, 15) is 9.59 Å². The molecule has 2 saturated heterocycles. The number of imide groups is 1. The van der Waals surface area contributed by atoms with Crippen LogP contribution in [0.2, 0.25) is 0 Å². The predicted octanol–water partition coefficient (Wildman–Crippen LogP) is -0.611. The molecule has 3 atom stereocenters. The summed E-state index contributed by atoms with van der Waals surface area (Å²) in [6.07, 6.45) is 0.592. The van der Waals surface area contributed by atoms with E-state index in [2.05, 4.69) is 0 Å². The summed E-state index contributed by atoms with van der Waals surface area (Å²) in [5.41, 5.74) is 0. The molecule has 2 aliphatic rings. The number of carbonyl (C=O) groups is 2. The standard InChI is InChI=1S/C10H15NO4/c1-2-6(3-12)11-9(13)7-4-15-5-8(7)10(11)14/h6-8,12H,2-5H2,1H3/t6?,7-,8+. The van der Waals surface area contributed by atoms with Crippen LogP contribution in [0.25, 0.3) is 0 Å². The first kappa shape index (κ1) is 10.6. The zero-order valence-corrected chi connectivity index (χ0v) is 8.68. The van der Waals surface area contributed by atoms with Crippen LogP contribution in [0.15, 0.2) is 0 Å². The lowest BCUT2D eigenvalue weighted by atomic mass is 10.00. The fourth-order valence-electron chi connectivity index (χ4n) is 2.26. The maximum absolute atomic E-state index is 11.9. The number of carbonyl (C=O) groups excluding carboxylic acids is 2. The maximum Gasteiger partial charge on any atom is 0.235 e. The summed E-state index contributed by atoms with van der Waals surface area (Å²) in [4.78, 5) is 25.0. The van der Waals surface area contributed by atoms with Crippen molar-refractivity contribution in [3.63, 3.8) is 0 Å². The molecule has 2 fully saturated rings. The maximum atomic E-state index is 11.9. The van der Waals surface area contributed by atoms with Gasteiger partial charge in [0.15, 0.2) is 0 Å². The number of nitrogens with zero attached hydrogens (tertiary/aromatic N) is 1. The van der Waals surface area contributed by atoms with Gasteiger partial charge in [0, 0.05) is 0 Å². The highest BCUT2D eigenvalue weighted by molar-refractivity contribution is 6.05. The lowest BCUT2D eigenvalue weighted by molar-refractivity contribution is -0.145. The molecule has 1 unspecified atom stereocenters. The van der Waals surface area contributed by atoms with Crippen LogP contribution >= 0.6 is 0 Å². The third kappa shape index (κ3) is 1.46. The Hall–Kier alpha value is -0.940. The fraction of sp³-hybridized carbons (Fsp3) is 0.800. The lowest BCUT2D eigenvalue weighted by Gasteiger charge is -2.24. The predicted molar refractivity (Wildman–Crippen MR) is 50.8 cm³/mol. The number of fused-ring (bicyclic) bond motifs is 1. The SMILES string of the molecule is CCC(CO)N1C(=O)[C@H]2COC[C@H]2C1=O. The van der Waals surface area contributed by atoms with Gasteiger partial charge in [-0.3, -0.25) is 14.5 Å². The average Bonchev–Trinajstić information content (AvgIpc) is 2.79. The van der Waals surface area contributed by atoms with E-state index in [1.54, 1.807) is 0 Å². The third-order valence-corrected chi connectivity index (χ3v) is 3.24. The van der Waals surface area contributed by atoms with Crippen molar-refractivity contribution in [1.29, 1.82) is 0 Å². The largest absolute Gasteiger partial charge is 0.394 e. The molecule has 0 aliphatic carbocycles. The molecule has 0 radical (unpaired) electrons. The Morgan fingerprint density at radius 3 is 2.33 bits per heavy atom. The lowest BCUT2D eigenvalue weighted by Crippen LogP contribution is -2.43. The molecule has 0 aromatic rings. The van der Waals surface area contributed by atoms with Crippen molar-refractivity contribution in [3.8, 4) is 0 Å². The van der Waals surface area contributed by atoms with Gasteiger partial charge in [0.2, 0.25) is 11.8 Å². The highest BCUT2D eigenvalue weighted by Crippen LogP contribution is 2.33. The number of aliphatic hydroxyl groups is 1. The average molecular weight is 213 g/mol. The van der Waals surface area contributed by atoms with E-state index in [0.29, 0.717) is 19.6 Å². The topological polar surface area (TPSA) is 66.8 Å². The van der Waals surface area contributed by atoms with Crippen LogP contribution in [-0.2, 0) is 14.3 Å². The Bertz CT molecular complexity index is 265. The minimum absolute atomic E-state index is 0.158. The van der Waals surface area contributed by atoms with Crippen LogP contribution in [0.1, 0.15) is 13.3 Å². The molecule has 0 spiro atoms. The fourth-order valence-corrected chi connectivity index (χ4v) is 2.26. The highest BCUT2D eigenvalue weighted by Gasteiger charge is 2.52. The molecule has 1 N–H and O–H groups in total. The number of hydrogen-bond donors (Lipinski definition) is 1. The molecule has 0 bridgehead atoms. The monoisotopic (exact) mass is 213 g/mol. The Morgan fingerprint density at radius 2 is 1.93 bits per heavy atom. The first-order chi connectivity index (χ1) is 7.20. The Labute approximate surface area is 88.0 Å². The number of ether oxygens (including phenoxy) is 1. The molecule has 84 valence electrons. The second kappa shape index (κ2) is 3.90. The molecule has 0 saturated carbocycles. The normalized spacial score (nSPS) is 32.3. The van der Waals surface area contributed by atoms with Gasteiger partial charge in [-0.1, -0.05) is 6.92 Å². The molecule has 0 aromatic carbocycles. The Morgan fingerprint density at radius 1 is 1.40 bits per heavy atom. The molecule has 5 nitrogen and oxygen atoms in total. The van der Waals surface area contributed by atoms with Crippen molar-refractivity contribution in [2.45, 2.75) is 19.4 Å². The molecule has 2 heterocycles. The Balaban J connectivity index is 2.20. The van der Waals surface area contributed by atoms with Gasteiger partial charge >= 0.3 is 0 Å². The van der Waals surface area contributed by atoms with E-state index in [1.807, 2.05) is 6.92 Å². The summed E-state index contributed by atoms with van der Waals surface area (Å²) in [5.74, 6) is -0.969. The zero-order valence-electron chi connectivity index (χ0n) is 8.68. The van der Waals surface area contributed by atoms with Gasteiger partial charge in [0.25, 0.3) is 0 Å². The van der Waals surface area contributed by atoms with Crippen molar-refractivity contribution >= 4 is 11.8 Å². The first-order valence-corrected chi connectivity index (χ1v) is 5.26. The van der Waals surface area contributed by atoms with Crippen LogP contribution in [0.5, 0.6) is 0 Å². The van der Waals surface area contributed by atoms with E-state index in [1.165, 1.54) is 4.90 Å². The smallest absolute Gasteiger partial charge is 0.235 e. The number of aliphatic hydroxyl groups excluding tert-OH is 1. The first-order valence-electron chi connectivity index (χ1n) is 5.26. The molecule has 0 aromatic heterocycles. The van der Waals surface area contributed by atoms with E-state index in [4.69, 9.17) is 9.84 Å².